The van der Waals surface area contributed by atoms with E-state index < -0.39 is 13.4 Å². The van der Waals surface area contributed by atoms with Gasteiger partial charge >= 0.3 is 7.60 Å². The van der Waals surface area contributed by atoms with Crippen molar-refractivity contribution in [1.82, 2.24) is 0 Å². The molecule has 0 aliphatic heterocycles. The van der Waals surface area contributed by atoms with E-state index in [0.29, 0.717) is 16.3 Å². The molecule has 122 valence electrons. The molecule has 1 aromatic heterocycles. The van der Waals surface area contributed by atoms with E-state index in [0.717, 1.165) is 0 Å². The quantitative estimate of drug-likeness (QED) is 0.615. The first kappa shape index (κ1) is 19.2. The second-order valence-corrected chi connectivity index (χ2v) is 7.70. The summed E-state index contributed by atoms with van der Waals surface area (Å²) in [5, 5.41) is 15.0. The predicted molar refractivity (Wildman–Crippen MR) is 91.5 cm³/mol. The predicted octanol–water partition coefficient (Wildman–Crippen LogP) is 4.08. The summed E-state index contributed by atoms with van der Waals surface area (Å²) in [4.78, 5) is 18.8. The van der Waals surface area contributed by atoms with E-state index in [1.54, 1.807) is 54.9 Å². The first-order valence-electron chi connectivity index (χ1n) is 6.47. The third-order valence-corrected chi connectivity index (χ3v) is 4.40. The Morgan fingerprint density at radius 2 is 1.73 bits per heavy atom. The summed E-state index contributed by atoms with van der Waals surface area (Å²) in [5.74, 6) is -1.04. The number of anilines is 1. The number of nitrogens with one attached hydrogen (secondary N) is 1. The molecule has 5 nitrogen and oxygen atoms in total. The lowest BCUT2D eigenvalue weighted by Crippen LogP contribution is -2.10. The Morgan fingerprint density at radius 1 is 1.18 bits per heavy atom. The Morgan fingerprint density at radius 3 is 2.14 bits per heavy atom. The van der Waals surface area contributed by atoms with Gasteiger partial charge in [0.25, 0.3) is 0 Å². The van der Waals surface area contributed by atoms with E-state index in [4.69, 9.17) is 16.7 Å². The maximum absolute atomic E-state index is 11.5. The molecular formula is C14H19ClNO4PS. The standard InChI is InChI=1S/C11H11ClNO3PS.C3H8O/c12-9-1-3-10(4-2-9)13-11(17(14,15)16)8-5-6-18-7-8;1-3(2)4/h1-7,11,13H,(H2,14,15,16);3-4H,1-2H3. The van der Waals surface area contributed by atoms with Gasteiger partial charge in [0, 0.05) is 16.8 Å². The number of thiophene rings is 1. The number of aliphatic hydroxyl groups excluding tert-OH is 1. The number of rotatable bonds is 4. The first-order valence-corrected chi connectivity index (χ1v) is 9.48. The summed E-state index contributed by atoms with van der Waals surface area (Å²) in [7, 11) is -4.28. The molecule has 0 amide bonds. The van der Waals surface area contributed by atoms with Crippen LogP contribution >= 0.6 is 30.5 Å². The summed E-state index contributed by atoms with van der Waals surface area (Å²) in [6.07, 6.45) is -0.167. The second-order valence-electron chi connectivity index (χ2n) is 4.79. The van der Waals surface area contributed by atoms with Crippen molar-refractivity contribution in [3.8, 4) is 0 Å². The Balaban J connectivity index is 0.000000541. The van der Waals surface area contributed by atoms with Crippen molar-refractivity contribution < 1.29 is 19.5 Å². The molecule has 2 aromatic rings. The Hall–Kier alpha value is -0.880. The van der Waals surface area contributed by atoms with Gasteiger partial charge in [-0.05, 0) is 60.5 Å². The van der Waals surface area contributed by atoms with Crippen LogP contribution in [0.25, 0.3) is 0 Å². The van der Waals surface area contributed by atoms with Crippen molar-refractivity contribution in [2.24, 2.45) is 0 Å². The van der Waals surface area contributed by atoms with Gasteiger partial charge in [-0.25, -0.2) is 0 Å². The van der Waals surface area contributed by atoms with Crippen molar-refractivity contribution in [1.29, 1.82) is 0 Å². The van der Waals surface area contributed by atoms with E-state index in [1.807, 2.05) is 0 Å². The molecule has 0 bridgehead atoms. The molecule has 2 rings (SSSR count). The molecule has 0 aliphatic carbocycles. The number of hydrogen-bond donors (Lipinski definition) is 4. The average Bonchev–Trinajstić information content (AvgIpc) is 2.89. The topological polar surface area (TPSA) is 89.8 Å². The van der Waals surface area contributed by atoms with Gasteiger partial charge in [-0.1, -0.05) is 11.6 Å². The highest BCUT2D eigenvalue weighted by Gasteiger charge is 2.30. The van der Waals surface area contributed by atoms with Gasteiger partial charge in [0.15, 0.2) is 5.78 Å². The van der Waals surface area contributed by atoms with Gasteiger partial charge in [-0.3, -0.25) is 4.57 Å². The Bertz CT molecular complexity index is 595. The van der Waals surface area contributed by atoms with Gasteiger partial charge < -0.3 is 20.2 Å². The fourth-order valence-corrected chi connectivity index (χ4v) is 3.28. The molecule has 1 aromatic carbocycles. The fourth-order valence-electron chi connectivity index (χ4n) is 1.50. The molecule has 4 N–H and O–H groups in total. The highest BCUT2D eigenvalue weighted by Crippen LogP contribution is 2.52. The fraction of sp³-hybridized carbons (Fsp3) is 0.286. The minimum Gasteiger partial charge on any atom is -0.394 e. The van der Waals surface area contributed by atoms with E-state index in [2.05, 4.69) is 5.32 Å². The third kappa shape index (κ3) is 6.92. The molecule has 0 saturated heterocycles. The average molecular weight is 364 g/mol. The van der Waals surface area contributed by atoms with Crippen LogP contribution in [0.4, 0.5) is 5.69 Å². The largest absolute Gasteiger partial charge is 0.394 e. The van der Waals surface area contributed by atoms with Crippen molar-refractivity contribution in [2.75, 3.05) is 5.32 Å². The van der Waals surface area contributed by atoms with Crippen LogP contribution in [0.1, 0.15) is 25.2 Å². The molecule has 22 heavy (non-hydrogen) atoms. The maximum atomic E-state index is 11.5. The molecule has 1 unspecified atom stereocenters. The first-order chi connectivity index (χ1) is 10.2. The summed E-state index contributed by atoms with van der Waals surface area (Å²) in [6.45, 7) is 3.44. The normalized spacial score (nSPS) is 12.5. The second kappa shape index (κ2) is 8.67. The molecule has 0 spiro atoms. The molecule has 0 fully saturated rings. The zero-order chi connectivity index (χ0) is 16.8. The van der Waals surface area contributed by atoms with Crippen molar-refractivity contribution >= 4 is 36.2 Å². The lowest BCUT2D eigenvalue weighted by Gasteiger charge is -2.20. The van der Waals surface area contributed by atoms with Crippen LogP contribution in [0.5, 0.6) is 0 Å². The van der Waals surface area contributed by atoms with Gasteiger partial charge in [-0.2, -0.15) is 11.3 Å². The van der Waals surface area contributed by atoms with Gasteiger partial charge in [0.2, 0.25) is 0 Å². The van der Waals surface area contributed by atoms with Crippen LogP contribution in [-0.4, -0.2) is 21.0 Å². The van der Waals surface area contributed by atoms with E-state index >= 15 is 0 Å². The molecular weight excluding hydrogens is 345 g/mol. The smallest absolute Gasteiger partial charge is 0.352 e. The van der Waals surface area contributed by atoms with Crippen LogP contribution in [0.2, 0.25) is 5.02 Å². The van der Waals surface area contributed by atoms with Gasteiger partial charge in [0.1, 0.15) is 0 Å². The van der Waals surface area contributed by atoms with E-state index in [-0.39, 0.29) is 6.10 Å². The molecule has 1 heterocycles. The third-order valence-electron chi connectivity index (χ3n) is 2.34. The molecule has 0 saturated carbocycles. The van der Waals surface area contributed by atoms with Crippen LogP contribution in [0.15, 0.2) is 41.1 Å². The highest BCUT2D eigenvalue weighted by molar-refractivity contribution is 7.52. The summed E-state index contributed by atoms with van der Waals surface area (Å²) in [5.41, 5.74) is 1.18. The number of halogens is 1. The van der Waals surface area contributed by atoms with E-state index in [9.17, 15) is 14.4 Å². The van der Waals surface area contributed by atoms with Crippen LogP contribution in [0, 0.1) is 0 Å². The van der Waals surface area contributed by atoms with E-state index in [1.165, 1.54) is 11.3 Å². The minimum atomic E-state index is -4.28. The summed E-state index contributed by atoms with van der Waals surface area (Å²) >= 11 is 7.15. The number of aliphatic hydroxyl groups is 1. The zero-order valence-electron chi connectivity index (χ0n) is 12.2. The lowest BCUT2D eigenvalue weighted by molar-refractivity contribution is 0.216. The van der Waals surface area contributed by atoms with Crippen molar-refractivity contribution in [3.63, 3.8) is 0 Å². The monoisotopic (exact) mass is 363 g/mol. The minimum absolute atomic E-state index is 0.167. The number of benzene rings is 1. The van der Waals surface area contributed by atoms with Crippen molar-refractivity contribution in [3.05, 3.63) is 51.7 Å². The van der Waals surface area contributed by atoms with Crippen molar-refractivity contribution in [2.45, 2.75) is 25.7 Å². The van der Waals surface area contributed by atoms with Crippen LogP contribution in [0.3, 0.4) is 0 Å². The molecule has 1 atom stereocenters. The Kier molecular flexibility index (Phi) is 7.56. The maximum Gasteiger partial charge on any atom is 0.352 e. The van der Waals surface area contributed by atoms with Gasteiger partial charge in [-0.15, -0.1) is 0 Å². The highest BCUT2D eigenvalue weighted by atomic mass is 35.5. The molecule has 0 radical (unpaired) electrons. The zero-order valence-corrected chi connectivity index (χ0v) is 14.6. The SMILES string of the molecule is CC(C)O.O=P(O)(O)C(Nc1ccc(Cl)cc1)c1ccsc1. The summed E-state index contributed by atoms with van der Waals surface area (Å²) < 4.78 is 11.5. The van der Waals surface area contributed by atoms with Crippen LogP contribution < -0.4 is 5.32 Å². The van der Waals surface area contributed by atoms with Gasteiger partial charge in [0.05, 0.1) is 0 Å². The Labute approximate surface area is 138 Å². The lowest BCUT2D eigenvalue weighted by atomic mass is 10.3. The number of hydrogen-bond acceptors (Lipinski definition) is 4. The molecule has 0 aliphatic rings. The summed E-state index contributed by atoms with van der Waals surface area (Å²) in [6, 6.07) is 8.37. The van der Waals surface area contributed by atoms with Crippen LogP contribution in [-0.2, 0) is 4.57 Å². The molecule has 8 heteroatoms.